The van der Waals surface area contributed by atoms with Crippen LogP contribution in [-0.4, -0.2) is 35.8 Å². The average molecular weight is 383 g/mol. The van der Waals surface area contributed by atoms with Crippen molar-refractivity contribution in [2.45, 2.75) is 33.6 Å². The molecule has 6 heteroatoms. The number of hydrogen-bond donors (Lipinski definition) is 1. The maximum Gasteiger partial charge on any atom is 0.322 e. The molecule has 6 nitrogen and oxygen atoms in total. The van der Waals surface area contributed by atoms with Gasteiger partial charge in [0, 0.05) is 13.1 Å². The molecule has 0 radical (unpaired) electrons. The third kappa shape index (κ3) is 5.62. The molecule has 28 heavy (non-hydrogen) atoms. The molecule has 2 amide bonds. The minimum atomic E-state index is -0.116. The zero-order valence-corrected chi connectivity index (χ0v) is 16.9. The predicted octanol–water partition coefficient (Wildman–Crippen LogP) is 5.06. The number of carbonyl (C=O) groups is 1. The minimum absolute atomic E-state index is 0.116. The molecule has 150 valence electrons. The number of nitrogens with zero attached hydrogens (tertiary/aromatic N) is 2. The van der Waals surface area contributed by atoms with Gasteiger partial charge in [0.2, 0.25) is 0 Å². The Morgan fingerprint density at radius 2 is 2.32 bits per heavy atom. The van der Waals surface area contributed by atoms with E-state index in [0.717, 1.165) is 30.8 Å². The van der Waals surface area contributed by atoms with Gasteiger partial charge in [-0.15, -0.1) is 0 Å². The van der Waals surface area contributed by atoms with Crippen molar-refractivity contribution in [3.05, 3.63) is 47.9 Å². The quantitative estimate of drug-likeness (QED) is 0.757. The number of amides is 2. The standard InChI is InChI=1S/C22H29N3O3/c1-16(2)8-10-27-21-6-4-5-18(12-21)11-19-7-9-25(14-17(19)3)22(26)24-20-13-23-28-15-20/h4-6,11-13,15-17H,7-10,14H2,1-3H3,(H,24,26)/b19-11+. The number of nitrogens with one attached hydrogen (secondary N) is 1. The van der Waals surface area contributed by atoms with Crippen LogP contribution in [0.2, 0.25) is 0 Å². The monoisotopic (exact) mass is 383 g/mol. The fourth-order valence-electron chi connectivity index (χ4n) is 3.24. The highest BCUT2D eigenvalue weighted by Gasteiger charge is 2.24. The Hall–Kier alpha value is -2.76. The van der Waals surface area contributed by atoms with Crippen LogP contribution in [0.5, 0.6) is 5.75 Å². The number of piperidine rings is 1. The average Bonchev–Trinajstić information content (AvgIpc) is 3.16. The Morgan fingerprint density at radius 1 is 1.46 bits per heavy atom. The Labute approximate surface area is 166 Å². The lowest BCUT2D eigenvalue weighted by atomic mass is 9.91. The molecule has 1 aliphatic heterocycles. The van der Waals surface area contributed by atoms with Crippen LogP contribution in [0.4, 0.5) is 10.5 Å². The van der Waals surface area contributed by atoms with Crippen molar-refractivity contribution in [1.29, 1.82) is 0 Å². The number of aromatic nitrogens is 1. The highest BCUT2D eigenvalue weighted by molar-refractivity contribution is 5.89. The smallest absolute Gasteiger partial charge is 0.322 e. The van der Waals surface area contributed by atoms with Crippen LogP contribution in [-0.2, 0) is 0 Å². The van der Waals surface area contributed by atoms with Crippen molar-refractivity contribution in [3.63, 3.8) is 0 Å². The molecule has 0 bridgehead atoms. The van der Waals surface area contributed by atoms with E-state index in [-0.39, 0.29) is 6.03 Å². The molecule has 2 heterocycles. The number of likely N-dealkylation sites (tertiary alicyclic amines) is 1. The number of rotatable bonds is 6. The first kappa shape index (κ1) is 20.0. The summed E-state index contributed by atoms with van der Waals surface area (Å²) < 4.78 is 10.6. The van der Waals surface area contributed by atoms with Crippen LogP contribution < -0.4 is 10.1 Å². The molecule has 1 aliphatic rings. The molecule has 1 aromatic carbocycles. The molecule has 2 aromatic rings. The summed E-state index contributed by atoms with van der Waals surface area (Å²) in [4.78, 5) is 14.2. The van der Waals surface area contributed by atoms with Crippen molar-refractivity contribution in [2.24, 2.45) is 11.8 Å². The van der Waals surface area contributed by atoms with Gasteiger partial charge in [0.05, 0.1) is 12.8 Å². The van der Waals surface area contributed by atoms with Gasteiger partial charge in [0.25, 0.3) is 0 Å². The maximum atomic E-state index is 12.4. The first-order valence-corrected chi connectivity index (χ1v) is 9.90. The van der Waals surface area contributed by atoms with Gasteiger partial charge in [-0.2, -0.15) is 0 Å². The van der Waals surface area contributed by atoms with Crippen molar-refractivity contribution in [2.75, 3.05) is 25.0 Å². The fraction of sp³-hybridized carbons (Fsp3) is 0.455. The molecule has 1 N–H and O–H groups in total. The summed E-state index contributed by atoms with van der Waals surface area (Å²) in [6.45, 7) is 8.68. The van der Waals surface area contributed by atoms with E-state index in [9.17, 15) is 4.79 Å². The van der Waals surface area contributed by atoms with Gasteiger partial charge in [-0.05, 0) is 42.4 Å². The molecular weight excluding hydrogens is 354 g/mol. The number of carbonyl (C=O) groups excluding carboxylic acids is 1. The number of hydrogen-bond acceptors (Lipinski definition) is 4. The molecule has 1 fully saturated rings. The second-order valence-corrected chi connectivity index (χ2v) is 7.76. The van der Waals surface area contributed by atoms with Gasteiger partial charge in [-0.25, -0.2) is 4.79 Å². The minimum Gasteiger partial charge on any atom is -0.494 e. The van der Waals surface area contributed by atoms with E-state index in [0.29, 0.717) is 30.6 Å². The fourth-order valence-corrected chi connectivity index (χ4v) is 3.24. The molecule has 0 saturated carbocycles. The molecule has 3 rings (SSSR count). The summed E-state index contributed by atoms with van der Waals surface area (Å²) in [6, 6.07) is 8.10. The van der Waals surface area contributed by atoms with E-state index in [4.69, 9.17) is 9.26 Å². The second kappa shape index (κ2) is 9.44. The number of urea groups is 1. The third-order valence-corrected chi connectivity index (χ3v) is 4.94. The first-order valence-electron chi connectivity index (χ1n) is 9.90. The lowest BCUT2D eigenvalue weighted by Gasteiger charge is -2.33. The summed E-state index contributed by atoms with van der Waals surface area (Å²) >= 11 is 0. The number of ether oxygens (including phenoxy) is 1. The van der Waals surface area contributed by atoms with Gasteiger partial charge in [0.1, 0.15) is 17.7 Å². The molecule has 1 atom stereocenters. The third-order valence-electron chi connectivity index (χ3n) is 4.94. The van der Waals surface area contributed by atoms with Crippen LogP contribution in [0.15, 0.2) is 46.8 Å². The van der Waals surface area contributed by atoms with E-state index in [1.165, 1.54) is 18.0 Å². The SMILES string of the molecule is CC(C)CCOc1cccc(/C=C2\CCN(C(=O)Nc3cnoc3)CC2C)c1. The summed E-state index contributed by atoms with van der Waals surface area (Å²) in [6.07, 6.45) is 7.06. The Balaban J connectivity index is 1.57. The van der Waals surface area contributed by atoms with E-state index >= 15 is 0 Å². The molecular formula is C22H29N3O3. The topological polar surface area (TPSA) is 67.6 Å². The van der Waals surface area contributed by atoms with Crippen molar-refractivity contribution in [1.82, 2.24) is 10.1 Å². The van der Waals surface area contributed by atoms with Crippen LogP contribution in [0.25, 0.3) is 6.08 Å². The Bertz CT molecular complexity index is 799. The molecule has 0 spiro atoms. The van der Waals surface area contributed by atoms with E-state index in [1.807, 2.05) is 17.0 Å². The largest absolute Gasteiger partial charge is 0.494 e. The maximum absolute atomic E-state index is 12.4. The van der Waals surface area contributed by atoms with E-state index < -0.39 is 0 Å². The Morgan fingerprint density at radius 3 is 3.04 bits per heavy atom. The van der Waals surface area contributed by atoms with Gasteiger partial charge in [0.15, 0.2) is 0 Å². The molecule has 1 unspecified atom stereocenters. The van der Waals surface area contributed by atoms with E-state index in [1.54, 1.807) is 0 Å². The van der Waals surface area contributed by atoms with Gasteiger partial charge < -0.3 is 19.5 Å². The number of benzene rings is 1. The first-order chi connectivity index (χ1) is 13.5. The van der Waals surface area contributed by atoms with Crippen LogP contribution >= 0.6 is 0 Å². The lowest BCUT2D eigenvalue weighted by Crippen LogP contribution is -2.42. The second-order valence-electron chi connectivity index (χ2n) is 7.76. The van der Waals surface area contributed by atoms with Crippen LogP contribution in [0, 0.1) is 11.8 Å². The zero-order valence-electron chi connectivity index (χ0n) is 16.9. The van der Waals surface area contributed by atoms with Crippen LogP contribution in [0.3, 0.4) is 0 Å². The highest BCUT2D eigenvalue weighted by atomic mass is 16.5. The van der Waals surface area contributed by atoms with Crippen molar-refractivity contribution < 1.29 is 14.1 Å². The van der Waals surface area contributed by atoms with Crippen molar-refractivity contribution in [3.8, 4) is 5.75 Å². The van der Waals surface area contributed by atoms with E-state index in [2.05, 4.69) is 49.5 Å². The van der Waals surface area contributed by atoms with Gasteiger partial charge in [-0.1, -0.05) is 49.7 Å². The normalized spacial score (nSPS) is 18.5. The van der Waals surface area contributed by atoms with Crippen molar-refractivity contribution >= 4 is 17.8 Å². The molecule has 1 saturated heterocycles. The summed E-state index contributed by atoms with van der Waals surface area (Å²) in [5.74, 6) is 1.85. The summed E-state index contributed by atoms with van der Waals surface area (Å²) in [7, 11) is 0. The van der Waals surface area contributed by atoms with Crippen LogP contribution in [0.1, 0.15) is 39.2 Å². The molecule has 0 aliphatic carbocycles. The summed E-state index contributed by atoms with van der Waals surface area (Å²) in [5.41, 5.74) is 3.08. The summed E-state index contributed by atoms with van der Waals surface area (Å²) in [5, 5.41) is 6.41. The molecule has 1 aromatic heterocycles. The lowest BCUT2D eigenvalue weighted by molar-refractivity contribution is 0.198. The highest BCUT2D eigenvalue weighted by Crippen LogP contribution is 2.26. The number of anilines is 1. The Kier molecular flexibility index (Phi) is 6.74. The zero-order chi connectivity index (χ0) is 19.9. The van der Waals surface area contributed by atoms with Gasteiger partial charge in [-0.3, -0.25) is 0 Å². The van der Waals surface area contributed by atoms with Gasteiger partial charge >= 0.3 is 6.03 Å². The predicted molar refractivity (Wildman–Crippen MR) is 110 cm³/mol.